The summed E-state index contributed by atoms with van der Waals surface area (Å²) in [5, 5.41) is 2.50. The van der Waals surface area contributed by atoms with Gasteiger partial charge < -0.3 is 10.2 Å². The number of carbonyl (C=O) groups is 2. The second kappa shape index (κ2) is 4.84. The molecule has 4 nitrogen and oxygen atoms in total. The lowest BCUT2D eigenvalue weighted by atomic mass is 10.1. The Morgan fingerprint density at radius 2 is 2.00 bits per heavy atom. The van der Waals surface area contributed by atoms with E-state index in [2.05, 4.69) is 11.7 Å². The summed E-state index contributed by atoms with van der Waals surface area (Å²) in [5.41, 5.74) is 0. The van der Waals surface area contributed by atoms with Crippen LogP contribution in [0.2, 0.25) is 0 Å². The molecule has 1 aliphatic rings. The normalized spacial score (nSPS) is 16.8. The quantitative estimate of drug-likeness (QED) is 0.652. The molecule has 1 radical (unpaired) electrons. The van der Waals surface area contributed by atoms with E-state index in [1.165, 1.54) is 6.92 Å². The molecule has 0 atom stereocenters. The van der Waals surface area contributed by atoms with Crippen LogP contribution in [-0.4, -0.2) is 36.3 Å². The zero-order chi connectivity index (χ0) is 9.68. The van der Waals surface area contributed by atoms with E-state index in [9.17, 15) is 9.59 Å². The van der Waals surface area contributed by atoms with Crippen molar-refractivity contribution in [2.75, 3.05) is 19.6 Å². The summed E-state index contributed by atoms with van der Waals surface area (Å²) in [7, 11) is 0. The summed E-state index contributed by atoms with van der Waals surface area (Å²) in [6, 6.07) is 0. The first-order valence-corrected chi connectivity index (χ1v) is 4.54. The fraction of sp³-hybridized carbons (Fsp3) is 0.667. The van der Waals surface area contributed by atoms with Crippen LogP contribution >= 0.6 is 0 Å². The number of hydrogen-bond acceptors (Lipinski definition) is 2. The lowest BCUT2D eigenvalue weighted by molar-refractivity contribution is -0.132. The van der Waals surface area contributed by atoms with Crippen molar-refractivity contribution in [3.05, 3.63) is 6.42 Å². The van der Waals surface area contributed by atoms with E-state index in [1.54, 1.807) is 4.90 Å². The van der Waals surface area contributed by atoms with Gasteiger partial charge in [0, 0.05) is 20.0 Å². The van der Waals surface area contributed by atoms with Crippen molar-refractivity contribution in [1.82, 2.24) is 10.2 Å². The van der Waals surface area contributed by atoms with Crippen molar-refractivity contribution in [3.8, 4) is 0 Å². The molecule has 1 aliphatic heterocycles. The van der Waals surface area contributed by atoms with Crippen molar-refractivity contribution in [2.24, 2.45) is 0 Å². The summed E-state index contributed by atoms with van der Waals surface area (Å²) >= 11 is 0. The summed E-state index contributed by atoms with van der Waals surface area (Å²) in [5.74, 6) is -0.139. The maximum Gasteiger partial charge on any atom is 0.241 e. The smallest absolute Gasteiger partial charge is 0.241 e. The number of hydrogen-bond donors (Lipinski definition) is 1. The molecule has 2 amide bonds. The van der Waals surface area contributed by atoms with E-state index >= 15 is 0 Å². The van der Waals surface area contributed by atoms with E-state index in [0.717, 1.165) is 25.9 Å². The van der Waals surface area contributed by atoms with Gasteiger partial charge in [-0.25, -0.2) is 0 Å². The van der Waals surface area contributed by atoms with Crippen LogP contribution in [0.25, 0.3) is 0 Å². The van der Waals surface area contributed by atoms with Crippen LogP contribution in [0.15, 0.2) is 0 Å². The number of rotatable bonds is 2. The Morgan fingerprint density at radius 1 is 1.38 bits per heavy atom. The average molecular weight is 183 g/mol. The average Bonchev–Trinajstić information content (AvgIpc) is 2.15. The van der Waals surface area contributed by atoms with E-state index < -0.39 is 0 Å². The standard InChI is InChI=1S/C9H15N2O2/c1-8(12)10-7-9(13)11-5-3-2-4-6-11/h2H,3-7H2,1H3,(H,10,12). The van der Waals surface area contributed by atoms with Gasteiger partial charge in [0.05, 0.1) is 6.54 Å². The van der Waals surface area contributed by atoms with Crippen molar-refractivity contribution >= 4 is 11.8 Å². The van der Waals surface area contributed by atoms with Crippen molar-refractivity contribution in [2.45, 2.75) is 19.8 Å². The van der Waals surface area contributed by atoms with Crippen LogP contribution in [-0.2, 0) is 9.59 Å². The van der Waals surface area contributed by atoms with Crippen LogP contribution in [0.1, 0.15) is 19.8 Å². The van der Waals surface area contributed by atoms with Crippen molar-refractivity contribution < 1.29 is 9.59 Å². The number of carbonyl (C=O) groups excluding carboxylic acids is 2. The molecule has 1 saturated heterocycles. The van der Waals surface area contributed by atoms with Gasteiger partial charge in [0.2, 0.25) is 11.8 Å². The van der Waals surface area contributed by atoms with Crippen molar-refractivity contribution in [1.29, 1.82) is 0 Å². The molecule has 4 heteroatoms. The highest BCUT2D eigenvalue weighted by molar-refractivity contribution is 5.83. The third-order valence-corrected chi connectivity index (χ3v) is 2.05. The van der Waals surface area contributed by atoms with Crippen LogP contribution in [0, 0.1) is 6.42 Å². The molecule has 1 fully saturated rings. The highest BCUT2D eigenvalue weighted by Crippen LogP contribution is 2.06. The van der Waals surface area contributed by atoms with Gasteiger partial charge in [-0.1, -0.05) is 0 Å². The van der Waals surface area contributed by atoms with E-state index in [4.69, 9.17) is 0 Å². The Labute approximate surface area is 78.3 Å². The summed E-state index contributed by atoms with van der Waals surface area (Å²) in [6.07, 6.45) is 4.11. The predicted molar refractivity (Wildman–Crippen MR) is 48.8 cm³/mol. The first-order valence-electron chi connectivity index (χ1n) is 4.54. The Bertz CT molecular complexity index is 198. The number of nitrogens with zero attached hydrogens (tertiary/aromatic N) is 1. The molecular formula is C9H15N2O2. The second-order valence-corrected chi connectivity index (χ2v) is 3.16. The first kappa shape index (κ1) is 10.0. The molecule has 73 valence electrons. The highest BCUT2D eigenvalue weighted by Gasteiger charge is 2.15. The summed E-state index contributed by atoms with van der Waals surface area (Å²) in [4.78, 5) is 23.7. The largest absolute Gasteiger partial charge is 0.347 e. The van der Waals surface area contributed by atoms with E-state index in [-0.39, 0.29) is 18.4 Å². The fourth-order valence-corrected chi connectivity index (χ4v) is 1.31. The van der Waals surface area contributed by atoms with Gasteiger partial charge in [0.1, 0.15) is 0 Å². The van der Waals surface area contributed by atoms with Gasteiger partial charge in [-0.3, -0.25) is 9.59 Å². The van der Waals surface area contributed by atoms with Gasteiger partial charge in [0.25, 0.3) is 0 Å². The minimum atomic E-state index is -0.156. The molecule has 13 heavy (non-hydrogen) atoms. The Balaban J connectivity index is 2.25. The van der Waals surface area contributed by atoms with Gasteiger partial charge in [-0.2, -0.15) is 0 Å². The summed E-state index contributed by atoms with van der Waals surface area (Å²) in [6.45, 7) is 3.13. The van der Waals surface area contributed by atoms with Crippen LogP contribution in [0.4, 0.5) is 0 Å². The monoisotopic (exact) mass is 183 g/mol. The molecule has 0 aromatic carbocycles. The SMILES string of the molecule is CC(=O)NCC(=O)N1CC[CH]CC1. The number of piperidine rings is 1. The minimum Gasteiger partial charge on any atom is -0.347 e. The molecule has 0 spiro atoms. The molecule has 1 heterocycles. The lowest BCUT2D eigenvalue weighted by Gasteiger charge is -2.26. The Kier molecular flexibility index (Phi) is 3.73. The van der Waals surface area contributed by atoms with Crippen molar-refractivity contribution in [3.63, 3.8) is 0 Å². The molecule has 0 saturated carbocycles. The number of amides is 2. The zero-order valence-electron chi connectivity index (χ0n) is 7.88. The van der Waals surface area contributed by atoms with E-state index in [1.807, 2.05) is 0 Å². The topological polar surface area (TPSA) is 49.4 Å². The van der Waals surface area contributed by atoms with Crippen LogP contribution in [0.3, 0.4) is 0 Å². The summed E-state index contributed by atoms with van der Waals surface area (Å²) < 4.78 is 0. The van der Waals surface area contributed by atoms with Gasteiger partial charge >= 0.3 is 0 Å². The van der Waals surface area contributed by atoms with Gasteiger partial charge in [0.15, 0.2) is 0 Å². The molecule has 1 rings (SSSR count). The maximum atomic E-state index is 11.4. The Morgan fingerprint density at radius 3 is 2.54 bits per heavy atom. The highest BCUT2D eigenvalue weighted by atomic mass is 16.2. The number of likely N-dealkylation sites (tertiary alicyclic amines) is 1. The first-order chi connectivity index (χ1) is 6.20. The predicted octanol–water partition coefficient (Wildman–Crippen LogP) is -0.0508. The molecule has 1 N–H and O–H groups in total. The molecule has 0 unspecified atom stereocenters. The second-order valence-electron chi connectivity index (χ2n) is 3.16. The molecule has 0 aromatic rings. The van der Waals surface area contributed by atoms with Gasteiger partial charge in [-0.15, -0.1) is 0 Å². The lowest BCUT2D eigenvalue weighted by Crippen LogP contribution is -2.42. The van der Waals surface area contributed by atoms with Gasteiger partial charge in [-0.05, 0) is 19.3 Å². The van der Waals surface area contributed by atoms with E-state index in [0.29, 0.717) is 0 Å². The maximum absolute atomic E-state index is 11.4. The minimum absolute atomic E-state index is 0.0169. The molecule has 0 bridgehead atoms. The molecular weight excluding hydrogens is 168 g/mol. The molecule has 0 aromatic heterocycles. The molecule has 0 aliphatic carbocycles. The van der Waals surface area contributed by atoms with Crippen LogP contribution in [0.5, 0.6) is 0 Å². The fourth-order valence-electron chi connectivity index (χ4n) is 1.31. The van der Waals surface area contributed by atoms with Crippen LogP contribution < -0.4 is 5.32 Å². The Hall–Kier alpha value is -1.06. The third-order valence-electron chi connectivity index (χ3n) is 2.05. The third kappa shape index (κ3) is 3.44. The number of nitrogens with one attached hydrogen (secondary N) is 1. The zero-order valence-corrected chi connectivity index (χ0v) is 7.88.